The van der Waals surface area contributed by atoms with Crippen molar-refractivity contribution in [3.63, 3.8) is 0 Å². The van der Waals surface area contributed by atoms with Crippen LogP contribution in [0.1, 0.15) is 19.3 Å². The summed E-state index contributed by atoms with van der Waals surface area (Å²) in [5.41, 5.74) is 4.90. The Morgan fingerprint density at radius 2 is 1.91 bits per heavy atom. The predicted octanol–water partition coefficient (Wildman–Crippen LogP) is -3.34. The second kappa shape index (κ2) is 8.29. The van der Waals surface area contributed by atoms with Gasteiger partial charge < -0.3 is 31.9 Å². The molecule has 1 fully saturated rings. The molecule has 0 aromatic carbocycles. The normalized spacial score (nSPS) is 20.0. The molecule has 3 amide bonds. The van der Waals surface area contributed by atoms with E-state index in [-0.39, 0.29) is 0 Å². The number of nitrogens with two attached hydrogens (primary N) is 1. The molecule has 3 atom stereocenters. The van der Waals surface area contributed by atoms with Crippen LogP contribution in [-0.2, 0) is 19.2 Å². The smallest absolute Gasteiger partial charge is 0.326 e. The van der Waals surface area contributed by atoms with Crippen LogP contribution in [-0.4, -0.2) is 65.2 Å². The van der Waals surface area contributed by atoms with E-state index in [0.29, 0.717) is 13.0 Å². The molecule has 0 spiro atoms. The van der Waals surface area contributed by atoms with Crippen LogP contribution in [0.4, 0.5) is 0 Å². The van der Waals surface area contributed by atoms with Crippen LogP contribution in [0, 0.1) is 0 Å². The molecule has 1 saturated heterocycles. The van der Waals surface area contributed by atoms with Gasteiger partial charge in [0, 0.05) is 0 Å². The average Bonchev–Trinajstić information content (AvgIpc) is 2.97. The van der Waals surface area contributed by atoms with E-state index in [4.69, 9.17) is 10.8 Å². The molecule has 1 aliphatic heterocycles. The maximum Gasteiger partial charge on any atom is 0.326 e. The fraction of sp³-hybridized carbons (Fsp3) is 0.667. The molecule has 0 aromatic rings. The summed E-state index contributed by atoms with van der Waals surface area (Å²) in [5, 5.41) is 25.4. The standard InChI is InChI=1S/C12H20N4O6/c13-9(18)4-7(12(21)22)15-11(20)8(5-17)16-10(19)6-2-1-3-14-6/h6-8,14,17H,1-5H2,(H2,13,18)(H,15,20)(H,16,19)(H,21,22)/t6-,7-,8-/m0/s1. The molecule has 7 N–H and O–H groups in total. The lowest BCUT2D eigenvalue weighted by Gasteiger charge is -2.21. The molecular formula is C12H20N4O6. The molecule has 0 saturated carbocycles. The number of carbonyl (C=O) groups is 4. The molecule has 1 aliphatic rings. The number of amides is 3. The van der Waals surface area contributed by atoms with Crippen LogP contribution in [0.5, 0.6) is 0 Å². The Bertz CT molecular complexity index is 449. The van der Waals surface area contributed by atoms with E-state index < -0.39 is 54.8 Å². The summed E-state index contributed by atoms with van der Waals surface area (Å²) in [4.78, 5) is 45.5. The van der Waals surface area contributed by atoms with Gasteiger partial charge in [-0.1, -0.05) is 0 Å². The second-order valence-electron chi connectivity index (χ2n) is 4.96. The summed E-state index contributed by atoms with van der Waals surface area (Å²) in [7, 11) is 0. The van der Waals surface area contributed by atoms with Gasteiger partial charge in [-0.05, 0) is 19.4 Å². The molecule has 0 radical (unpaired) electrons. The molecule has 0 aliphatic carbocycles. The lowest BCUT2D eigenvalue weighted by atomic mass is 10.1. The topological polar surface area (TPSA) is 171 Å². The van der Waals surface area contributed by atoms with E-state index in [1.807, 2.05) is 0 Å². The summed E-state index contributed by atoms with van der Waals surface area (Å²) in [6.07, 6.45) is 0.857. The Balaban J connectivity index is 2.60. The first-order valence-electron chi connectivity index (χ1n) is 6.81. The maximum atomic E-state index is 11.9. The van der Waals surface area contributed by atoms with E-state index in [1.165, 1.54) is 0 Å². The van der Waals surface area contributed by atoms with Crippen LogP contribution >= 0.6 is 0 Å². The van der Waals surface area contributed by atoms with Gasteiger partial charge in [0.25, 0.3) is 0 Å². The summed E-state index contributed by atoms with van der Waals surface area (Å²) in [5.74, 6) is -3.68. The van der Waals surface area contributed by atoms with E-state index >= 15 is 0 Å². The van der Waals surface area contributed by atoms with Gasteiger partial charge in [-0.2, -0.15) is 0 Å². The molecule has 0 aromatic heterocycles. The number of carboxylic acid groups (broad SMARTS) is 1. The van der Waals surface area contributed by atoms with E-state index in [9.17, 15) is 24.3 Å². The maximum absolute atomic E-state index is 11.9. The zero-order chi connectivity index (χ0) is 16.7. The lowest BCUT2D eigenvalue weighted by Crippen LogP contribution is -2.56. The monoisotopic (exact) mass is 316 g/mol. The lowest BCUT2D eigenvalue weighted by molar-refractivity contribution is -0.144. The highest BCUT2D eigenvalue weighted by molar-refractivity contribution is 5.93. The minimum absolute atomic E-state index is 0.442. The number of carbonyl (C=O) groups excluding carboxylic acids is 3. The Labute approximate surface area is 126 Å². The van der Waals surface area contributed by atoms with Crippen LogP contribution in [0.2, 0.25) is 0 Å². The molecule has 0 bridgehead atoms. The first-order valence-corrected chi connectivity index (χ1v) is 6.81. The third-order valence-corrected chi connectivity index (χ3v) is 3.21. The first kappa shape index (κ1) is 17.9. The second-order valence-corrected chi connectivity index (χ2v) is 4.96. The van der Waals surface area contributed by atoms with Crippen LogP contribution < -0.4 is 21.7 Å². The van der Waals surface area contributed by atoms with Gasteiger partial charge in [0.1, 0.15) is 12.1 Å². The Morgan fingerprint density at radius 3 is 2.36 bits per heavy atom. The van der Waals surface area contributed by atoms with Crippen LogP contribution in [0.25, 0.3) is 0 Å². The van der Waals surface area contributed by atoms with Crippen molar-refractivity contribution in [2.45, 2.75) is 37.4 Å². The molecule has 10 heteroatoms. The fourth-order valence-electron chi connectivity index (χ4n) is 2.05. The predicted molar refractivity (Wildman–Crippen MR) is 73.4 cm³/mol. The molecule has 10 nitrogen and oxygen atoms in total. The molecule has 1 heterocycles. The van der Waals surface area contributed by atoms with Crippen molar-refractivity contribution in [2.75, 3.05) is 13.2 Å². The Kier molecular flexibility index (Phi) is 6.73. The highest BCUT2D eigenvalue weighted by Gasteiger charge is 2.29. The van der Waals surface area contributed by atoms with Gasteiger partial charge in [0.15, 0.2) is 0 Å². The number of primary amides is 1. The summed E-state index contributed by atoms with van der Waals surface area (Å²) in [6, 6.07) is -3.26. The minimum atomic E-state index is -1.51. The minimum Gasteiger partial charge on any atom is -0.480 e. The third kappa shape index (κ3) is 5.30. The molecule has 124 valence electrons. The van der Waals surface area contributed by atoms with Crippen molar-refractivity contribution in [3.8, 4) is 0 Å². The number of aliphatic carboxylic acids is 1. The zero-order valence-electron chi connectivity index (χ0n) is 11.9. The van der Waals surface area contributed by atoms with E-state index in [2.05, 4.69) is 16.0 Å². The highest BCUT2D eigenvalue weighted by Crippen LogP contribution is 2.05. The van der Waals surface area contributed by atoms with Crippen molar-refractivity contribution >= 4 is 23.7 Å². The third-order valence-electron chi connectivity index (χ3n) is 3.21. The largest absolute Gasteiger partial charge is 0.480 e. The van der Waals surface area contributed by atoms with Crippen molar-refractivity contribution < 1.29 is 29.4 Å². The number of hydrogen-bond donors (Lipinski definition) is 6. The molecule has 1 rings (SSSR count). The SMILES string of the molecule is NC(=O)C[C@H](NC(=O)[C@H](CO)NC(=O)[C@@H]1CCCN1)C(=O)O. The van der Waals surface area contributed by atoms with Gasteiger partial charge in [-0.3, -0.25) is 14.4 Å². The quantitative estimate of drug-likeness (QED) is 0.272. The summed E-state index contributed by atoms with van der Waals surface area (Å²) in [6.45, 7) is -0.0129. The molecular weight excluding hydrogens is 296 g/mol. The molecule has 0 unspecified atom stereocenters. The van der Waals surface area contributed by atoms with Gasteiger partial charge in [0.05, 0.1) is 19.1 Å². The Hall–Kier alpha value is -2.20. The van der Waals surface area contributed by atoms with Gasteiger partial charge >= 0.3 is 5.97 Å². The van der Waals surface area contributed by atoms with Gasteiger partial charge in [0.2, 0.25) is 17.7 Å². The number of hydrogen-bond acceptors (Lipinski definition) is 6. The zero-order valence-corrected chi connectivity index (χ0v) is 11.9. The van der Waals surface area contributed by atoms with E-state index in [0.717, 1.165) is 6.42 Å². The average molecular weight is 316 g/mol. The van der Waals surface area contributed by atoms with E-state index in [1.54, 1.807) is 0 Å². The number of aliphatic hydroxyl groups excluding tert-OH is 1. The Morgan fingerprint density at radius 1 is 1.23 bits per heavy atom. The van der Waals surface area contributed by atoms with Crippen LogP contribution in [0.3, 0.4) is 0 Å². The number of aliphatic hydroxyl groups is 1. The fourth-order valence-corrected chi connectivity index (χ4v) is 2.05. The summed E-state index contributed by atoms with van der Waals surface area (Å²) >= 11 is 0. The van der Waals surface area contributed by atoms with Crippen molar-refractivity contribution in [3.05, 3.63) is 0 Å². The number of carboxylic acids is 1. The van der Waals surface area contributed by atoms with Crippen LogP contribution in [0.15, 0.2) is 0 Å². The first-order chi connectivity index (χ1) is 10.3. The van der Waals surface area contributed by atoms with Crippen molar-refractivity contribution in [1.29, 1.82) is 0 Å². The van der Waals surface area contributed by atoms with Gasteiger partial charge in [-0.15, -0.1) is 0 Å². The van der Waals surface area contributed by atoms with Gasteiger partial charge in [-0.25, -0.2) is 4.79 Å². The van der Waals surface area contributed by atoms with Crippen molar-refractivity contribution in [2.24, 2.45) is 5.73 Å². The number of rotatable bonds is 8. The summed E-state index contributed by atoms with van der Waals surface area (Å²) < 4.78 is 0. The number of nitrogens with one attached hydrogen (secondary N) is 3. The molecule has 22 heavy (non-hydrogen) atoms. The highest BCUT2D eigenvalue weighted by atomic mass is 16.4. The van der Waals surface area contributed by atoms with Crippen molar-refractivity contribution in [1.82, 2.24) is 16.0 Å².